The summed E-state index contributed by atoms with van der Waals surface area (Å²) in [6, 6.07) is 0. The predicted molar refractivity (Wildman–Crippen MR) is 509 cm³/mol. The quantitative estimate of drug-likeness (QED) is 0.0199. The molecule has 30 N–H and O–H groups in total. The van der Waals surface area contributed by atoms with Crippen molar-refractivity contribution < 1.29 is 158 Å². The topological polar surface area (TPSA) is 832 Å². The van der Waals surface area contributed by atoms with Crippen molar-refractivity contribution in [2.24, 2.45) is 34.4 Å². The molecule has 0 saturated heterocycles. The van der Waals surface area contributed by atoms with Gasteiger partial charge >= 0.3 is 95.5 Å². The minimum absolute atomic E-state index is 0.0313. The maximum absolute atomic E-state index is 12.5. The number of hydrogen-bond acceptors (Lipinski definition) is 41. The summed E-state index contributed by atoms with van der Waals surface area (Å²) in [6.45, 7) is 5.70. The lowest BCUT2D eigenvalue weighted by atomic mass is 10.2. The van der Waals surface area contributed by atoms with Crippen LogP contribution in [0.2, 0.25) is 0 Å². The van der Waals surface area contributed by atoms with Gasteiger partial charge in [-0.3, -0.25) is 155 Å². The van der Waals surface area contributed by atoms with Crippen LogP contribution in [0.4, 0.5) is 0 Å². The van der Waals surface area contributed by atoms with E-state index in [1.54, 1.807) is 19.6 Å². The Morgan fingerprint density at radius 2 is 0.288 bits per heavy atom. The Kier molecular flexibility index (Phi) is 82.7. The monoisotopic (exact) mass is 2070 g/mol. The molecule has 0 rings (SSSR count). The Morgan fingerprint density at radius 1 is 0.151 bits per heavy atom. The highest BCUT2D eigenvalue weighted by molar-refractivity contribution is 9.09. The molecule has 0 atom stereocenters. The Hall–Kier alpha value is -9.00. The van der Waals surface area contributed by atoms with E-state index in [2.05, 4.69) is 46.2 Å². The van der Waals surface area contributed by atoms with Gasteiger partial charge in [0.05, 0.1) is 98.2 Å². The lowest BCUT2D eigenvalue weighted by Gasteiger charge is -2.34. The van der Waals surface area contributed by atoms with Gasteiger partial charge in [0, 0.05) is 288 Å². The SMILES string of the molecule is NCCCCCN(CCN(CCN)CCN)CCN(CCNCCN)CCNCCN(CCN)CCN.O=C(O)CBr.O=C(O)CN(CCN(CCN(CCN(CCN(CC(=O)O)CC(=O)O)CCN(CC(=O)O)CC(=O)O)CCN(CCN(CC(=O)O)CC(=O)O)CC(=O)O)CCN(CCN(CC(=O)O)CC(=O)O)CC(=O)O)CCN(CCN(CC(=O)O)CC(=O)O)CCN(CC(=O)O)CC(=O)O. The average molecular weight is 2080 g/mol. The lowest BCUT2D eigenvalue weighted by molar-refractivity contribution is -0.144. The van der Waals surface area contributed by atoms with Gasteiger partial charge in [-0.25, -0.2) is 0 Å². The lowest BCUT2D eigenvalue weighted by Crippen LogP contribution is -2.50. The molecule has 58 heteroatoms. The van der Waals surface area contributed by atoms with Crippen LogP contribution in [-0.4, -0.2) is 665 Å². The van der Waals surface area contributed by atoms with E-state index in [1.165, 1.54) is 27.5 Å². The van der Waals surface area contributed by atoms with Crippen molar-refractivity contribution in [3.63, 3.8) is 0 Å². The highest BCUT2D eigenvalue weighted by atomic mass is 79.9. The number of rotatable bonds is 97. The number of aliphatic carboxylic acids is 16. The Morgan fingerprint density at radius 3 is 0.446 bits per heavy atom. The van der Waals surface area contributed by atoms with E-state index in [4.69, 9.17) is 39.5 Å². The van der Waals surface area contributed by atoms with E-state index in [1.807, 2.05) is 0 Å². The van der Waals surface area contributed by atoms with E-state index in [9.17, 15) is 153 Å². The van der Waals surface area contributed by atoms with Crippen molar-refractivity contribution in [2.75, 3.05) is 405 Å². The molecule has 808 valence electrons. The summed E-state index contributed by atoms with van der Waals surface area (Å²) in [4.78, 5) is 214. The average Bonchev–Trinajstić information content (AvgIpc) is 0.922. The van der Waals surface area contributed by atoms with Crippen LogP contribution in [0.15, 0.2) is 0 Å². The van der Waals surface area contributed by atoms with Crippen molar-refractivity contribution in [1.82, 2.24) is 93.9 Å². The molecule has 0 aliphatic carbocycles. The molecular weight excluding hydrogens is 1910 g/mol. The van der Waals surface area contributed by atoms with Crippen LogP contribution in [0.5, 0.6) is 0 Å². The molecule has 0 heterocycles. The number of carbonyl (C=O) groups is 16. The van der Waals surface area contributed by atoms with Gasteiger partial charge in [0.2, 0.25) is 0 Å². The van der Waals surface area contributed by atoms with E-state index in [0.29, 0.717) is 32.7 Å². The van der Waals surface area contributed by atoms with Crippen molar-refractivity contribution in [3.05, 3.63) is 0 Å². The van der Waals surface area contributed by atoms with Crippen molar-refractivity contribution in [1.29, 1.82) is 0 Å². The third-order valence-corrected chi connectivity index (χ3v) is 21.3. The summed E-state index contributed by atoms with van der Waals surface area (Å²) < 4.78 is 0. The van der Waals surface area contributed by atoms with Crippen LogP contribution in [0.25, 0.3) is 0 Å². The molecule has 0 saturated carbocycles. The number of nitrogens with zero attached hydrogens (tertiary/aromatic N) is 17. The summed E-state index contributed by atoms with van der Waals surface area (Å²) in [5.74, 6) is -21.5. The van der Waals surface area contributed by atoms with Crippen LogP contribution in [0.1, 0.15) is 19.3 Å². The molecule has 0 fully saturated rings. The van der Waals surface area contributed by atoms with Crippen molar-refractivity contribution in [2.45, 2.75) is 19.3 Å². The molecule has 0 aromatic rings. The number of nitrogens with two attached hydrogens (primary N) is 6. The van der Waals surface area contributed by atoms with Gasteiger partial charge in [-0.1, -0.05) is 22.4 Å². The maximum atomic E-state index is 12.5. The van der Waals surface area contributed by atoms with Crippen LogP contribution in [0.3, 0.4) is 0 Å². The third kappa shape index (κ3) is 86.6. The molecule has 0 amide bonds. The minimum Gasteiger partial charge on any atom is -0.481 e. The van der Waals surface area contributed by atoms with Gasteiger partial charge in [0.15, 0.2) is 0 Å². The van der Waals surface area contributed by atoms with E-state index < -0.39 is 194 Å². The van der Waals surface area contributed by atoms with Gasteiger partial charge < -0.3 is 132 Å². The molecule has 0 aliphatic rings. The van der Waals surface area contributed by atoms with Gasteiger partial charge in [0.25, 0.3) is 0 Å². The molecule has 0 aliphatic heterocycles. The Labute approximate surface area is 818 Å². The molecular formula is C81H160BrN25O32. The van der Waals surface area contributed by atoms with Crippen molar-refractivity contribution in [3.8, 4) is 0 Å². The van der Waals surface area contributed by atoms with Crippen LogP contribution in [0, 0.1) is 0 Å². The largest absolute Gasteiger partial charge is 0.481 e. The number of carboxylic acid groups (broad SMARTS) is 16. The molecule has 0 unspecified atom stereocenters. The summed E-state index contributed by atoms with van der Waals surface area (Å²) in [5, 5.41) is 159. The van der Waals surface area contributed by atoms with Gasteiger partial charge in [-0.15, -0.1) is 0 Å². The summed E-state index contributed by atoms with van der Waals surface area (Å²) in [5.41, 5.74) is 34.4. The standard InChI is InChI=1S/C54H93N13O30.C25H64N12.C2H3BrO2/c68-40(69)25-59(14-8-58(11-21-64(32-47(82)83)33-48(84)85)12-22-65(34-49(86)87)35-50(88)89)13-6-56(7-16-61(27-42(72)73)18-24-67(38-53(94)95)39-54(96)97)3-1-55(5-15-60(26-41(70)71)17-23-66(36-51(90)91)37-52(92)93)2-4-57(9-19-62(28-43(74)75)29-44(76)77)10-20-63(30-45(78)79)31-46(80)81;26-4-2-1-3-14-34(22-24-36(17-8-30)18-9-31)23-25-37(20-11-32-10-5-27)21-13-33-12-19-35(15-6-28)16-7-29;3-1-2(4)5/h1-39H2,(H,68,69)(H,70,71)(H,72,73)(H,74,75)(H,76,77)(H,78,79)(H,80,81)(H,82,83)(H,84,85)(H,86,87)(H,88,89)(H,90,91)(H,92,93)(H,94,95)(H,96,97);32-33H,1-31H2;1H2,(H,4,5). The molecule has 0 aromatic carbocycles. The van der Waals surface area contributed by atoms with Gasteiger partial charge in [-0.05, 0) is 25.9 Å². The molecule has 0 spiro atoms. The number of halogens is 1. The molecule has 57 nitrogen and oxygen atoms in total. The first-order valence-electron chi connectivity index (χ1n) is 45.8. The molecule has 0 radical (unpaired) electrons. The second kappa shape index (κ2) is 85.7. The number of nitrogens with one attached hydrogen (secondary N) is 2. The number of hydrogen-bond donors (Lipinski definition) is 24. The van der Waals surface area contributed by atoms with Gasteiger partial charge in [0.1, 0.15) is 5.33 Å². The van der Waals surface area contributed by atoms with E-state index in [-0.39, 0.29) is 162 Å². The van der Waals surface area contributed by atoms with Gasteiger partial charge in [-0.2, -0.15) is 0 Å². The molecule has 139 heavy (non-hydrogen) atoms. The predicted octanol–water partition coefficient (Wildman–Crippen LogP) is -12.1. The molecule has 0 aromatic heterocycles. The summed E-state index contributed by atoms with van der Waals surface area (Å²) in [6.07, 6.45) is 3.47. The first-order valence-corrected chi connectivity index (χ1v) is 46.9. The second-order valence-electron chi connectivity index (χ2n) is 32.6. The zero-order valence-corrected chi connectivity index (χ0v) is 81.7. The first kappa shape index (κ1) is 134. The Bertz CT molecular complexity index is 3260. The summed E-state index contributed by atoms with van der Waals surface area (Å²) in [7, 11) is 0. The normalized spacial score (nSPS) is 11.8. The first-order chi connectivity index (χ1) is 65.8. The fourth-order valence-electron chi connectivity index (χ4n) is 14.1. The third-order valence-electron chi connectivity index (χ3n) is 20.8. The smallest absolute Gasteiger partial charge is 0.317 e. The zero-order chi connectivity index (χ0) is 105. The number of carboxylic acids is 16. The fraction of sp³-hybridized carbons (Fsp3) is 0.802. The maximum Gasteiger partial charge on any atom is 0.317 e. The highest BCUT2D eigenvalue weighted by Gasteiger charge is 2.27. The highest BCUT2D eigenvalue weighted by Crippen LogP contribution is 2.09. The number of unbranched alkanes of at least 4 members (excludes halogenated alkanes) is 2. The van der Waals surface area contributed by atoms with Crippen LogP contribution in [-0.2, 0) is 76.7 Å². The Balaban J connectivity index is -0.00000363. The van der Waals surface area contributed by atoms with Crippen LogP contribution < -0.4 is 45.0 Å². The van der Waals surface area contributed by atoms with E-state index in [0.717, 1.165) is 147 Å². The second-order valence-corrected chi connectivity index (χ2v) is 33.1. The van der Waals surface area contributed by atoms with Crippen molar-refractivity contribution >= 4 is 111 Å². The van der Waals surface area contributed by atoms with Crippen LogP contribution >= 0.6 is 15.9 Å². The number of alkyl halides is 1. The minimum atomic E-state index is -1.39. The zero-order valence-electron chi connectivity index (χ0n) is 80.1. The fourth-order valence-corrected chi connectivity index (χ4v) is 14.1. The molecule has 0 bridgehead atoms. The van der Waals surface area contributed by atoms with E-state index >= 15 is 0 Å². The summed E-state index contributed by atoms with van der Waals surface area (Å²) >= 11 is 2.71.